The molecule has 0 saturated heterocycles. The summed E-state index contributed by atoms with van der Waals surface area (Å²) in [5.74, 6) is 2.19. The third-order valence-electron chi connectivity index (χ3n) is 0.970. The highest BCUT2D eigenvalue weighted by Crippen LogP contribution is 1.98. The molecule has 0 aliphatic carbocycles. The Kier molecular flexibility index (Phi) is 3.50. The molecule has 0 amide bonds. The van der Waals surface area contributed by atoms with E-state index in [0.717, 1.165) is 5.57 Å². The molecule has 1 N–H and O–H groups in total. The molecule has 0 heterocycles. The predicted molar refractivity (Wildman–Crippen MR) is 38.8 cm³/mol. The van der Waals surface area contributed by atoms with Crippen LogP contribution >= 0.6 is 0 Å². The van der Waals surface area contributed by atoms with Crippen molar-refractivity contribution in [2.75, 3.05) is 0 Å². The van der Waals surface area contributed by atoms with Crippen LogP contribution in [0.2, 0.25) is 0 Å². The van der Waals surface area contributed by atoms with Crippen LogP contribution in [-0.2, 0) is 0 Å². The number of allylic oxidation sites excluding steroid dienone is 2. The predicted octanol–water partition coefficient (Wildman–Crippen LogP) is 1.11. The fourth-order valence-corrected chi connectivity index (χ4v) is 0.408. The summed E-state index contributed by atoms with van der Waals surface area (Å²) < 4.78 is 0. The minimum Gasteiger partial charge on any atom is -0.376 e. The highest BCUT2D eigenvalue weighted by molar-refractivity contribution is 5.20. The number of hydrogen-bond donors (Lipinski definition) is 1. The Balaban J connectivity index is 4.05. The van der Waals surface area contributed by atoms with Gasteiger partial charge in [0.2, 0.25) is 0 Å². The molecule has 0 bridgehead atoms. The van der Waals surface area contributed by atoms with E-state index in [1.807, 2.05) is 0 Å². The van der Waals surface area contributed by atoms with Gasteiger partial charge < -0.3 is 5.11 Å². The summed E-state index contributed by atoms with van der Waals surface area (Å²) in [7, 11) is 0. The van der Waals surface area contributed by atoms with Crippen LogP contribution < -0.4 is 0 Å². The van der Waals surface area contributed by atoms with Crippen molar-refractivity contribution in [3.8, 4) is 12.3 Å². The molecule has 48 valence electrons. The van der Waals surface area contributed by atoms with Gasteiger partial charge in [-0.1, -0.05) is 24.7 Å². The lowest BCUT2D eigenvalue weighted by Crippen LogP contribution is -2.02. The van der Waals surface area contributed by atoms with Crippen molar-refractivity contribution in [3.05, 3.63) is 24.3 Å². The molecule has 0 spiro atoms. The van der Waals surface area contributed by atoms with Crippen molar-refractivity contribution < 1.29 is 5.11 Å². The van der Waals surface area contributed by atoms with Gasteiger partial charge in [0.25, 0.3) is 0 Å². The van der Waals surface area contributed by atoms with Crippen LogP contribution in [-0.4, -0.2) is 11.2 Å². The summed E-state index contributed by atoms with van der Waals surface area (Å²) in [4.78, 5) is 0. The Morgan fingerprint density at radius 3 is 2.78 bits per heavy atom. The molecule has 9 heavy (non-hydrogen) atoms. The van der Waals surface area contributed by atoms with Gasteiger partial charge in [-0.05, 0) is 12.5 Å². The smallest absolute Gasteiger partial charge is 0.136 e. The fraction of sp³-hybridized carbons (Fsp3) is 0.250. The molecule has 1 unspecified atom stereocenters. The zero-order chi connectivity index (χ0) is 7.28. The minimum atomic E-state index is -0.761. The topological polar surface area (TPSA) is 20.2 Å². The van der Waals surface area contributed by atoms with Crippen LogP contribution in [0.25, 0.3) is 0 Å². The van der Waals surface area contributed by atoms with Crippen molar-refractivity contribution in [1.82, 2.24) is 0 Å². The lowest BCUT2D eigenvalue weighted by Gasteiger charge is -1.99. The third-order valence-corrected chi connectivity index (χ3v) is 0.970. The molecule has 0 rings (SSSR count). The van der Waals surface area contributed by atoms with Crippen LogP contribution in [0.3, 0.4) is 0 Å². The van der Waals surface area contributed by atoms with E-state index < -0.39 is 6.10 Å². The largest absolute Gasteiger partial charge is 0.376 e. The van der Waals surface area contributed by atoms with Gasteiger partial charge in [-0.25, -0.2) is 0 Å². The summed E-state index contributed by atoms with van der Waals surface area (Å²) in [6.45, 7) is 5.22. The van der Waals surface area contributed by atoms with E-state index in [9.17, 15) is 0 Å². The SMILES string of the molecule is C#CC(O)/C(C)=C/C=C. The monoisotopic (exact) mass is 122 g/mol. The molecule has 0 saturated carbocycles. The van der Waals surface area contributed by atoms with Gasteiger partial charge in [0, 0.05) is 0 Å². The second-order valence-electron chi connectivity index (χ2n) is 1.72. The Hall–Kier alpha value is -1.00. The van der Waals surface area contributed by atoms with Gasteiger partial charge in [0.1, 0.15) is 6.10 Å². The standard InChI is InChI=1S/C8H10O/c1-4-6-7(3)8(9)5-2/h2,4,6,8-9H,1H2,3H3/b7-6+. The highest BCUT2D eigenvalue weighted by Gasteiger charge is 1.97. The van der Waals surface area contributed by atoms with Crippen molar-refractivity contribution in [3.63, 3.8) is 0 Å². The van der Waals surface area contributed by atoms with Crippen molar-refractivity contribution in [2.24, 2.45) is 0 Å². The van der Waals surface area contributed by atoms with Crippen LogP contribution in [0.5, 0.6) is 0 Å². The van der Waals surface area contributed by atoms with Crippen molar-refractivity contribution in [1.29, 1.82) is 0 Å². The van der Waals surface area contributed by atoms with Gasteiger partial charge in [0.15, 0.2) is 0 Å². The normalized spacial score (nSPS) is 14.1. The summed E-state index contributed by atoms with van der Waals surface area (Å²) in [6, 6.07) is 0. The van der Waals surface area contributed by atoms with Crippen LogP contribution in [0.1, 0.15) is 6.92 Å². The minimum absolute atomic E-state index is 0.743. The zero-order valence-corrected chi connectivity index (χ0v) is 5.46. The molecule has 0 aromatic heterocycles. The molecule has 1 nitrogen and oxygen atoms in total. The van der Waals surface area contributed by atoms with Gasteiger partial charge >= 0.3 is 0 Å². The first-order valence-electron chi connectivity index (χ1n) is 2.65. The second-order valence-corrected chi connectivity index (χ2v) is 1.72. The van der Waals surface area contributed by atoms with E-state index in [2.05, 4.69) is 12.5 Å². The maximum atomic E-state index is 8.91. The molecule has 0 aromatic carbocycles. The van der Waals surface area contributed by atoms with E-state index in [1.165, 1.54) is 0 Å². The van der Waals surface area contributed by atoms with Crippen molar-refractivity contribution in [2.45, 2.75) is 13.0 Å². The van der Waals surface area contributed by atoms with E-state index in [4.69, 9.17) is 11.5 Å². The van der Waals surface area contributed by atoms with Crippen LogP contribution in [0.4, 0.5) is 0 Å². The lowest BCUT2D eigenvalue weighted by atomic mass is 10.2. The Morgan fingerprint density at radius 2 is 2.44 bits per heavy atom. The third kappa shape index (κ3) is 2.73. The van der Waals surface area contributed by atoms with Gasteiger partial charge in [0.05, 0.1) is 0 Å². The van der Waals surface area contributed by atoms with E-state index in [-0.39, 0.29) is 0 Å². The van der Waals surface area contributed by atoms with Gasteiger partial charge in [-0.3, -0.25) is 0 Å². The average Bonchev–Trinajstić information content (AvgIpc) is 1.87. The van der Waals surface area contributed by atoms with E-state index in [1.54, 1.807) is 19.1 Å². The summed E-state index contributed by atoms with van der Waals surface area (Å²) >= 11 is 0. The number of terminal acetylenes is 1. The molecule has 1 heteroatoms. The first-order valence-corrected chi connectivity index (χ1v) is 2.65. The fourth-order valence-electron chi connectivity index (χ4n) is 0.408. The molecule has 0 fully saturated rings. The average molecular weight is 122 g/mol. The van der Waals surface area contributed by atoms with Crippen molar-refractivity contribution >= 4 is 0 Å². The Bertz CT molecular complexity index is 160. The van der Waals surface area contributed by atoms with Crippen LogP contribution in [0.15, 0.2) is 24.3 Å². The molecular formula is C8H10O. The first-order chi connectivity index (χ1) is 4.22. The number of aliphatic hydroxyl groups excluding tert-OH is 1. The van der Waals surface area contributed by atoms with Crippen LogP contribution in [0, 0.1) is 12.3 Å². The number of aliphatic hydroxyl groups is 1. The maximum Gasteiger partial charge on any atom is 0.136 e. The Labute approximate surface area is 55.7 Å². The summed E-state index contributed by atoms with van der Waals surface area (Å²) in [5.41, 5.74) is 0.743. The zero-order valence-electron chi connectivity index (χ0n) is 5.46. The number of rotatable bonds is 2. The maximum absolute atomic E-state index is 8.91. The van der Waals surface area contributed by atoms with Gasteiger partial charge in [-0.2, -0.15) is 0 Å². The molecular weight excluding hydrogens is 112 g/mol. The Morgan fingerprint density at radius 1 is 1.89 bits per heavy atom. The van der Waals surface area contributed by atoms with Gasteiger partial charge in [-0.15, -0.1) is 6.42 Å². The summed E-state index contributed by atoms with van der Waals surface area (Å²) in [6.07, 6.45) is 7.45. The quantitative estimate of drug-likeness (QED) is 0.429. The second kappa shape index (κ2) is 3.94. The first kappa shape index (κ1) is 8.00. The molecule has 0 aromatic rings. The molecule has 0 radical (unpaired) electrons. The van der Waals surface area contributed by atoms with E-state index in [0.29, 0.717) is 0 Å². The molecule has 0 aliphatic rings. The molecule has 1 atom stereocenters. The highest BCUT2D eigenvalue weighted by atomic mass is 16.3. The lowest BCUT2D eigenvalue weighted by molar-refractivity contribution is 0.268. The number of hydrogen-bond acceptors (Lipinski definition) is 1. The van der Waals surface area contributed by atoms with E-state index >= 15 is 0 Å². The summed E-state index contributed by atoms with van der Waals surface area (Å²) in [5, 5.41) is 8.91. The molecule has 0 aliphatic heterocycles.